The molecule has 82 valence electrons. The van der Waals surface area contributed by atoms with Gasteiger partial charge in [0.25, 0.3) is 0 Å². The second-order valence-electron chi connectivity index (χ2n) is 3.60. The van der Waals surface area contributed by atoms with E-state index in [-0.39, 0.29) is 0 Å². The Hall–Kier alpha value is -1.61. The number of halogens is 1. The van der Waals surface area contributed by atoms with E-state index in [1.165, 1.54) is 0 Å². The van der Waals surface area contributed by atoms with Crippen molar-refractivity contribution in [1.29, 1.82) is 0 Å². The molecular weight excluding hydrogens is 222 g/mol. The van der Waals surface area contributed by atoms with Gasteiger partial charge in [0.1, 0.15) is 11.6 Å². The lowest BCUT2D eigenvalue weighted by Gasteiger charge is -2.05. The standard InChI is InChI=1S/C12H12ClN3/c1-8-15-10(7-12(14)16-8)6-9-4-2-3-5-11(9)13/h2-5,7H,6H2,1H3,(H2,14,15,16). The van der Waals surface area contributed by atoms with Gasteiger partial charge in [0.2, 0.25) is 0 Å². The number of aryl methyl sites for hydroxylation is 1. The van der Waals surface area contributed by atoms with Crippen LogP contribution in [0.4, 0.5) is 5.82 Å². The molecule has 0 aliphatic rings. The third-order valence-corrected chi connectivity index (χ3v) is 2.61. The minimum atomic E-state index is 0.495. The summed E-state index contributed by atoms with van der Waals surface area (Å²) < 4.78 is 0. The predicted octanol–water partition coefficient (Wildman–Crippen LogP) is 2.61. The monoisotopic (exact) mass is 233 g/mol. The Balaban J connectivity index is 2.30. The summed E-state index contributed by atoms with van der Waals surface area (Å²) in [4.78, 5) is 8.35. The Morgan fingerprint density at radius 2 is 2.00 bits per heavy atom. The quantitative estimate of drug-likeness (QED) is 0.868. The Morgan fingerprint density at radius 1 is 1.25 bits per heavy atom. The fourth-order valence-corrected chi connectivity index (χ4v) is 1.78. The average molecular weight is 234 g/mol. The third kappa shape index (κ3) is 2.49. The molecule has 16 heavy (non-hydrogen) atoms. The number of benzene rings is 1. The fraction of sp³-hybridized carbons (Fsp3) is 0.167. The number of nitrogen functional groups attached to an aromatic ring is 1. The highest BCUT2D eigenvalue weighted by Gasteiger charge is 2.04. The van der Waals surface area contributed by atoms with Gasteiger partial charge >= 0.3 is 0 Å². The number of hydrogen-bond acceptors (Lipinski definition) is 3. The number of aromatic nitrogens is 2. The van der Waals surface area contributed by atoms with Gasteiger partial charge < -0.3 is 5.73 Å². The van der Waals surface area contributed by atoms with Crippen molar-refractivity contribution in [2.24, 2.45) is 0 Å². The van der Waals surface area contributed by atoms with E-state index in [1.54, 1.807) is 6.07 Å². The zero-order valence-corrected chi connectivity index (χ0v) is 9.70. The Labute approximate surface area is 99.3 Å². The first kappa shape index (κ1) is 10.9. The molecule has 2 rings (SSSR count). The molecule has 0 aliphatic heterocycles. The number of hydrogen-bond donors (Lipinski definition) is 1. The lowest BCUT2D eigenvalue weighted by Crippen LogP contribution is -2.01. The largest absolute Gasteiger partial charge is 0.384 e. The van der Waals surface area contributed by atoms with Crippen LogP contribution in [-0.4, -0.2) is 9.97 Å². The Bertz CT molecular complexity index is 491. The molecule has 0 amide bonds. The lowest BCUT2D eigenvalue weighted by molar-refractivity contribution is 0.974. The first-order valence-electron chi connectivity index (χ1n) is 4.98. The maximum absolute atomic E-state index is 6.08. The summed E-state index contributed by atoms with van der Waals surface area (Å²) in [6.07, 6.45) is 0.674. The van der Waals surface area contributed by atoms with Crippen LogP contribution in [0, 0.1) is 6.92 Å². The van der Waals surface area contributed by atoms with E-state index in [0.29, 0.717) is 18.1 Å². The van der Waals surface area contributed by atoms with E-state index in [1.807, 2.05) is 31.2 Å². The van der Waals surface area contributed by atoms with Crippen LogP contribution in [0.2, 0.25) is 5.02 Å². The molecule has 0 atom stereocenters. The summed E-state index contributed by atoms with van der Waals surface area (Å²) in [7, 11) is 0. The molecule has 0 radical (unpaired) electrons. The molecule has 1 aromatic heterocycles. The van der Waals surface area contributed by atoms with E-state index < -0.39 is 0 Å². The van der Waals surface area contributed by atoms with Gasteiger partial charge in [0.15, 0.2) is 0 Å². The van der Waals surface area contributed by atoms with E-state index >= 15 is 0 Å². The molecule has 1 aromatic carbocycles. The van der Waals surface area contributed by atoms with Crippen LogP contribution >= 0.6 is 11.6 Å². The maximum atomic E-state index is 6.08. The van der Waals surface area contributed by atoms with Gasteiger partial charge in [-0.15, -0.1) is 0 Å². The minimum absolute atomic E-state index is 0.495. The lowest BCUT2D eigenvalue weighted by atomic mass is 10.1. The third-order valence-electron chi connectivity index (χ3n) is 2.24. The number of rotatable bonds is 2. The molecule has 4 heteroatoms. The maximum Gasteiger partial charge on any atom is 0.127 e. The topological polar surface area (TPSA) is 51.8 Å². The van der Waals surface area contributed by atoms with E-state index in [4.69, 9.17) is 17.3 Å². The van der Waals surface area contributed by atoms with Gasteiger partial charge in [-0.05, 0) is 18.6 Å². The first-order chi connectivity index (χ1) is 7.65. The van der Waals surface area contributed by atoms with Crippen LogP contribution in [0.5, 0.6) is 0 Å². The van der Waals surface area contributed by atoms with Crippen LogP contribution in [0.3, 0.4) is 0 Å². The highest BCUT2D eigenvalue weighted by Crippen LogP contribution is 2.18. The summed E-state index contributed by atoms with van der Waals surface area (Å²) >= 11 is 6.08. The predicted molar refractivity (Wildman–Crippen MR) is 65.4 cm³/mol. The summed E-state index contributed by atoms with van der Waals surface area (Å²) in [5.74, 6) is 1.18. The highest BCUT2D eigenvalue weighted by atomic mass is 35.5. The molecule has 0 saturated carbocycles. The van der Waals surface area contributed by atoms with Gasteiger partial charge in [-0.25, -0.2) is 9.97 Å². The average Bonchev–Trinajstić information content (AvgIpc) is 2.20. The number of anilines is 1. The van der Waals surface area contributed by atoms with Crippen LogP contribution in [0.1, 0.15) is 17.1 Å². The molecule has 0 unspecified atom stereocenters. The summed E-state index contributed by atoms with van der Waals surface area (Å²) in [5, 5.41) is 0.748. The molecule has 0 saturated heterocycles. The van der Waals surface area contributed by atoms with Crippen molar-refractivity contribution in [3.63, 3.8) is 0 Å². The zero-order chi connectivity index (χ0) is 11.5. The van der Waals surface area contributed by atoms with Crippen molar-refractivity contribution < 1.29 is 0 Å². The van der Waals surface area contributed by atoms with Crippen molar-refractivity contribution >= 4 is 17.4 Å². The van der Waals surface area contributed by atoms with Gasteiger partial charge in [0.05, 0.1) is 5.69 Å². The van der Waals surface area contributed by atoms with Crippen molar-refractivity contribution in [1.82, 2.24) is 9.97 Å². The second kappa shape index (κ2) is 4.49. The van der Waals surface area contributed by atoms with Gasteiger partial charge in [-0.2, -0.15) is 0 Å². The normalized spacial score (nSPS) is 10.4. The SMILES string of the molecule is Cc1nc(N)cc(Cc2ccccc2Cl)n1. The van der Waals surface area contributed by atoms with Gasteiger partial charge in [-0.3, -0.25) is 0 Å². The minimum Gasteiger partial charge on any atom is -0.384 e. The van der Waals surface area contributed by atoms with Gasteiger partial charge in [0, 0.05) is 17.5 Å². The molecule has 0 fully saturated rings. The van der Waals surface area contributed by atoms with Gasteiger partial charge in [-0.1, -0.05) is 29.8 Å². The fourth-order valence-electron chi connectivity index (χ4n) is 1.58. The molecule has 0 bridgehead atoms. The molecule has 2 N–H and O–H groups in total. The van der Waals surface area contributed by atoms with Crippen molar-refractivity contribution in [3.8, 4) is 0 Å². The van der Waals surface area contributed by atoms with Crippen molar-refractivity contribution in [2.75, 3.05) is 5.73 Å². The summed E-state index contributed by atoms with van der Waals surface area (Å²) in [6, 6.07) is 9.49. The second-order valence-corrected chi connectivity index (χ2v) is 4.01. The summed E-state index contributed by atoms with van der Waals surface area (Å²) in [5.41, 5.74) is 7.60. The van der Waals surface area contributed by atoms with Crippen LogP contribution < -0.4 is 5.73 Å². The Morgan fingerprint density at radius 3 is 2.69 bits per heavy atom. The number of nitrogens with two attached hydrogens (primary N) is 1. The van der Waals surface area contributed by atoms with E-state index in [0.717, 1.165) is 16.3 Å². The van der Waals surface area contributed by atoms with Crippen LogP contribution in [0.25, 0.3) is 0 Å². The molecular formula is C12H12ClN3. The first-order valence-corrected chi connectivity index (χ1v) is 5.36. The zero-order valence-electron chi connectivity index (χ0n) is 8.94. The highest BCUT2D eigenvalue weighted by molar-refractivity contribution is 6.31. The molecule has 2 aromatic rings. The van der Waals surface area contributed by atoms with E-state index in [2.05, 4.69) is 9.97 Å². The smallest absolute Gasteiger partial charge is 0.127 e. The summed E-state index contributed by atoms with van der Waals surface area (Å²) in [6.45, 7) is 1.83. The molecule has 3 nitrogen and oxygen atoms in total. The Kier molecular flexibility index (Phi) is 3.06. The number of nitrogens with zero attached hydrogens (tertiary/aromatic N) is 2. The van der Waals surface area contributed by atoms with Crippen LogP contribution in [0.15, 0.2) is 30.3 Å². The molecule has 0 spiro atoms. The van der Waals surface area contributed by atoms with Crippen molar-refractivity contribution in [3.05, 3.63) is 52.4 Å². The molecule has 0 aliphatic carbocycles. The molecule has 1 heterocycles. The van der Waals surface area contributed by atoms with Crippen molar-refractivity contribution in [2.45, 2.75) is 13.3 Å². The van der Waals surface area contributed by atoms with E-state index in [9.17, 15) is 0 Å². The van der Waals surface area contributed by atoms with Crippen LogP contribution in [-0.2, 0) is 6.42 Å².